The first-order chi connectivity index (χ1) is 9.30. The summed E-state index contributed by atoms with van der Waals surface area (Å²) >= 11 is 0. The molecule has 20 heavy (non-hydrogen) atoms. The number of rotatable bonds is 3. The third kappa shape index (κ3) is 2.74. The Labute approximate surface area is 114 Å². The van der Waals surface area contributed by atoms with Gasteiger partial charge >= 0.3 is 6.18 Å². The van der Waals surface area contributed by atoms with Crippen LogP contribution in [-0.2, 0) is 6.54 Å². The molecule has 1 aromatic heterocycles. The lowest BCUT2D eigenvalue weighted by Gasteiger charge is -2.07. The topological polar surface area (TPSA) is 34.9 Å². The maximum atomic E-state index is 12.5. The van der Waals surface area contributed by atoms with Crippen LogP contribution in [0.1, 0.15) is 27.3 Å². The maximum absolute atomic E-state index is 12.5. The summed E-state index contributed by atoms with van der Waals surface area (Å²) in [6.45, 7) is 3.22. The van der Waals surface area contributed by atoms with E-state index in [2.05, 4.69) is 5.10 Å². The van der Waals surface area contributed by atoms with E-state index in [1.165, 1.54) is 18.5 Å². The molecule has 0 saturated heterocycles. The number of benzene rings is 1. The summed E-state index contributed by atoms with van der Waals surface area (Å²) < 4.78 is 39.1. The van der Waals surface area contributed by atoms with E-state index in [9.17, 15) is 18.0 Å². The molecule has 1 aromatic carbocycles. The Bertz CT molecular complexity index is 630. The summed E-state index contributed by atoms with van der Waals surface area (Å²) in [6.07, 6.45) is -4.88. The maximum Gasteiger partial charge on any atom is 0.455 e. The van der Waals surface area contributed by atoms with E-state index < -0.39 is 12.0 Å². The standard InChI is InChI=1S/C14H13F3N2O/c1-9-12(13(20)14(15,16)17)10(2)19(18-9)8-11-6-4-3-5-7-11/h3-7H,8H2,1-2H3. The Kier molecular flexibility index (Phi) is 3.65. The Morgan fingerprint density at radius 2 is 1.80 bits per heavy atom. The summed E-state index contributed by atoms with van der Waals surface area (Å²) in [7, 11) is 0. The van der Waals surface area contributed by atoms with E-state index >= 15 is 0 Å². The minimum atomic E-state index is -4.88. The molecule has 0 amide bonds. The van der Waals surface area contributed by atoms with Gasteiger partial charge in [0, 0.05) is 5.69 Å². The molecule has 0 aliphatic rings. The van der Waals surface area contributed by atoms with Crippen LogP contribution in [0.3, 0.4) is 0 Å². The van der Waals surface area contributed by atoms with Crippen LogP contribution in [0.15, 0.2) is 30.3 Å². The van der Waals surface area contributed by atoms with Gasteiger partial charge < -0.3 is 0 Å². The van der Waals surface area contributed by atoms with Crippen molar-refractivity contribution in [3.8, 4) is 0 Å². The number of alkyl halides is 3. The molecule has 0 saturated carbocycles. The molecular weight excluding hydrogens is 269 g/mol. The number of nitrogens with zero attached hydrogens (tertiary/aromatic N) is 2. The third-order valence-electron chi connectivity index (χ3n) is 3.04. The number of carbonyl (C=O) groups is 1. The highest BCUT2D eigenvalue weighted by Gasteiger charge is 2.42. The van der Waals surface area contributed by atoms with Crippen LogP contribution in [0.25, 0.3) is 0 Å². The Hall–Kier alpha value is -2.11. The first kappa shape index (κ1) is 14.3. The van der Waals surface area contributed by atoms with Gasteiger partial charge in [0.2, 0.25) is 0 Å². The van der Waals surface area contributed by atoms with Crippen molar-refractivity contribution < 1.29 is 18.0 Å². The number of halogens is 3. The quantitative estimate of drug-likeness (QED) is 0.810. The molecule has 2 aromatic rings. The average molecular weight is 282 g/mol. The molecule has 3 nitrogen and oxygen atoms in total. The Morgan fingerprint density at radius 3 is 2.35 bits per heavy atom. The summed E-state index contributed by atoms with van der Waals surface area (Å²) in [5, 5.41) is 4.04. The smallest absolute Gasteiger partial charge is 0.284 e. The van der Waals surface area contributed by atoms with Crippen LogP contribution < -0.4 is 0 Å². The normalized spacial score (nSPS) is 11.7. The Balaban J connectivity index is 2.37. The fraction of sp³-hybridized carbons (Fsp3) is 0.286. The van der Waals surface area contributed by atoms with E-state index in [0.717, 1.165) is 5.56 Å². The fourth-order valence-corrected chi connectivity index (χ4v) is 2.08. The molecule has 0 spiro atoms. The highest BCUT2D eigenvalue weighted by molar-refractivity contribution is 6.02. The predicted octanol–water partition coefficient (Wildman–Crippen LogP) is 3.29. The molecule has 6 heteroatoms. The number of aromatic nitrogens is 2. The molecule has 0 aliphatic heterocycles. The summed E-state index contributed by atoms with van der Waals surface area (Å²) in [4.78, 5) is 11.4. The number of ketones is 1. The number of hydrogen-bond donors (Lipinski definition) is 0. The van der Waals surface area contributed by atoms with Crippen LogP contribution >= 0.6 is 0 Å². The zero-order valence-electron chi connectivity index (χ0n) is 11.0. The SMILES string of the molecule is Cc1nn(Cc2ccccc2)c(C)c1C(=O)C(F)(F)F. The van der Waals surface area contributed by atoms with Crippen LogP contribution in [0.5, 0.6) is 0 Å². The third-order valence-corrected chi connectivity index (χ3v) is 3.04. The highest BCUT2D eigenvalue weighted by Crippen LogP contribution is 2.25. The van der Waals surface area contributed by atoms with E-state index in [1.54, 1.807) is 0 Å². The molecule has 106 valence electrons. The first-order valence-electron chi connectivity index (χ1n) is 6.00. The average Bonchev–Trinajstić information content (AvgIpc) is 2.64. The van der Waals surface area contributed by atoms with Gasteiger partial charge in [-0.3, -0.25) is 9.48 Å². The molecule has 2 rings (SSSR count). The second-order valence-corrected chi connectivity index (χ2v) is 4.52. The molecular formula is C14H13F3N2O. The monoisotopic (exact) mass is 282 g/mol. The second kappa shape index (κ2) is 5.11. The lowest BCUT2D eigenvalue weighted by Crippen LogP contribution is -2.24. The molecule has 0 bridgehead atoms. The van der Waals surface area contributed by atoms with E-state index in [-0.39, 0.29) is 17.0 Å². The molecule has 0 unspecified atom stereocenters. The van der Waals surface area contributed by atoms with Gasteiger partial charge in [0.05, 0.1) is 17.8 Å². The number of aryl methyl sites for hydroxylation is 1. The number of carbonyl (C=O) groups excluding carboxylic acids is 1. The lowest BCUT2D eigenvalue weighted by molar-refractivity contribution is -0.0886. The molecule has 0 atom stereocenters. The van der Waals surface area contributed by atoms with E-state index in [0.29, 0.717) is 6.54 Å². The van der Waals surface area contributed by atoms with Crippen LogP contribution in [-0.4, -0.2) is 21.7 Å². The summed E-state index contributed by atoms with van der Waals surface area (Å²) in [6, 6.07) is 9.22. The van der Waals surface area contributed by atoms with Crippen molar-refractivity contribution in [1.29, 1.82) is 0 Å². The van der Waals surface area contributed by atoms with Gasteiger partial charge in [0.15, 0.2) is 0 Å². The van der Waals surface area contributed by atoms with Crippen LogP contribution in [0, 0.1) is 13.8 Å². The van der Waals surface area contributed by atoms with Crippen molar-refractivity contribution in [3.05, 3.63) is 52.8 Å². The predicted molar refractivity (Wildman–Crippen MR) is 67.6 cm³/mol. The van der Waals surface area contributed by atoms with Gasteiger partial charge in [0.25, 0.3) is 5.78 Å². The van der Waals surface area contributed by atoms with Crippen molar-refractivity contribution >= 4 is 5.78 Å². The van der Waals surface area contributed by atoms with Gasteiger partial charge in [-0.15, -0.1) is 0 Å². The molecule has 1 heterocycles. The minimum absolute atomic E-state index is 0.0979. The van der Waals surface area contributed by atoms with Crippen molar-refractivity contribution in [1.82, 2.24) is 9.78 Å². The zero-order valence-corrected chi connectivity index (χ0v) is 11.0. The van der Waals surface area contributed by atoms with Crippen molar-refractivity contribution in [2.45, 2.75) is 26.6 Å². The summed E-state index contributed by atoms with van der Waals surface area (Å²) in [5.41, 5.74) is 0.881. The zero-order chi connectivity index (χ0) is 14.9. The van der Waals surface area contributed by atoms with E-state index in [1.807, 2.05) is 30.3 Å². The second-order valence-electron chi connectivity index (χ2n) is 4.52. The van der Waals surface area contributed by atoms with Crippen molar-refractivity contribution in [3.63, 3.8) is 0 Å². The van der Waals surface area contributed by atoms with E-state index in [4.69, 9.17) is 0 Å². The molecule has 0 aliphatic carbocycles. The summed E-state index contributed by atoms with van der Waals surface area (Å²) in [5.74, 6) is -1.84. The van der Waals surface area contributed by atoms with Crippen LogP contribution in [0.4, 0.5) is 13.2 Å². The largest absolute Gasteiger partial charge is 0.455 e. The fourth-order valence-electron chi connectivity index (χ4n) is 2.08. The number of Topliss-reactive ketones (excluding diaryl/α,β-unsaturated/α-hetero) is 1. The van der Waals surface area contributed by atoms with Crippen LogP contribution in [0.2, 0.25) is 0 Å². The highest BCUT2D eigenvalue weighted by atomic mass is 19.4. The number of hydrogen-bond acceptors (Lipinski definition) is 2. The van der Waals surface area contributed by atoms with Gasteiger partial charge in [-0.1, -0.05) is 30.3 Å². The minimum Gasteiger partial charge on any atom is -0.284 e. The Morgan fingerprint density at radius 1 is 1.20 bits per heavy atom. The molecule has 0 radical (unpaired) electrons. The lowest BCUT2D eigenvalue weighted by atomic mass is 10.1. The van der Waals surface area contributed by atoms with Gasteiger partial charge in [0.1, 0.15) is 0 Å². The van der Waals surface area contributed by atoms with Crippen molar-refractivity contribution in [2.24, 2.45) is 0 Å². The first-order valence-corrected chi connectivity index (χ1v) is 6.00. The van der Waals surface area contributed by atoms with Gasteiger partial charge in [-0.05, 0) is 19.4 Å². The van der Waals surface area contributed by atoms with Gasteiger partial charge in [-0.2, -0.15) is 18.3 Å². The molecule has 0 N–H and O–H groups in total. The van der Waals surface area contributed by atoms with Gasteiger partial charge in [-0.25, -0.2) is 0 Å². The molecule has 0 fully saturated rings. The van der Waals surface area contributed by atoms with Crippen molar-refractivity contribution in [2.75, 3.05) is 0 Å².